The maximum atomic E-state index is 12.4. The van der Waals surface area contributed by atoms with Crippen LogP contribution in [0.4, 0.5) is 19.0 Å². The first-order valence-corrected chi connectivity index (χ1v) is 8.35. The molecule has 0 aliphatic rings. The van der Waals surface area contributed by atoms with Gasteiger partial charge in [-0.2, -0.15) is 0 Å². The Morgan fingerprint density at radius 1 is 1.22 bits per heavy atom. The summed E-state index contributed by atoms with van der Waals surface area (Å²) in [7, 11) is -4.30. The molecule has 0 saturated carbocycles. The molecule has 0 unspecified atom stereocenters. The van der Waals surface area contributed by atoms with Crippen molar-refractivity contribution in [1.29, 1.82) is 0 Å². The Hall–Kier alpha value is -1.81. The summed E-state index contributed by atoms with van der Waals surface area (Å²) in [5.74, 6) is -0.858. The van der Waals surface area contributed by atoms with Crippen LogP contribution in [0, 0.1) is 6.92 Å². The molecule has 10 heteroatoms. The second-order valence-electron chi connectivity index (χ2n) is 4.47. The number of aryl methyl sites for hydroxylation is 1. The Bertz CT molecular complexity index is 808. The van der Waals surface area contributed by atoms with Gasteiger partial charge in [-0.3, -0.25) is 4.72 Å². The number of rotatable bonds is 4. The molecular formula is C13H10BrF3N2O3S. The van der Waals surface area contributed by atoms with E-state index in [-0.39, 0.29) is 10.3 Å². The normalized spacial score (nSPS) is 12.0. The fourth-order valence-corrected chi connectivity index (χ4v) is 3.09. The van der Waals surface area contributed by atoms with E-state index >= 15 is 0 Å². The fourth-order valence-electron chi connectivity index (χ4n) is 1.63. The van der Waals surface area contributed by atoms with Crippen LogP contribution in [0.25, 0.3) is 0 Å². The van der Waals surface area contributed by atoms with Gasteiger partial charge in [-0.1, -0.05) is 22.0 Å². The van der Waals surface area contributed by atoms with Crippen LogP contribution in [0.2, 0.25) is 0 Å². The van der Waals surface area contributed by atoms with Gasteiger partial charge < -0.3 is 4.74 Å². The van der Waals surface area contributed by atoms with Gasteiger partial charge >= 0.3 is 6.36 Å². The van der Waals surface area contributed by atoms with Crippen LogP contribution in [0.3, 0.4) is 0 Å². The number of alkyl halides is 3. The second kappa shape index (κ2) is 6.36. The molecule has 0 bridgehead atoms. The van der Waals surface area contributed by atoms with E-state index in [1.165, 1.54) is 18.3 Å². The van der Waals surface area contributed by atoms with Crippen LogP contribution in [0.1, 0.15) is 5.56 Å². The Balaban J connectivity index is 2.41. The number of hydrogen-bond donors (Lipinski definition) is 1. The predicted molar refractivity (Wildman–Crippen MR) is 80.6 cm³/mol. The smallest absolute Gasteiger partial charge is 0.404 e. The molecule has 0 spiro atoms. The van der Waals surface area contributed by atoms with E-state index in [0.29, 0.717) is 0 Å². The Morgan fingerprint density at radius 2 is 1.91 bits per heavy atom. The number of halogens is 4. The first-order chi connectivity index (χ1) is 10.6. The van der Waals surface area contributed by atoms with Gasteiger partial charge in [-0.05, 0) is 36.8 Å². The van der Waals surface area contributed by atoms with Crippen molar-refractivity contribution in [3.05, 3.63) is 46.6 Å². The topological polar surface area (TPSA) is 68.3 Å². The fraction of sp³-hybridized carbons (Fsp3) is 0.154. The lowest BCUT2D eigenvalue weighted by Gasteiger charge is -2.14. The Morgan fingerprint density at radius 3 is 2.48 bits per heavy atom. The van der Waals surface area contributed by atoms with E-state index in [9.17, 15) is 21.6 Å². The molecule has 0 saturated heterocycles. The first-order valence-electron chi connectivity index (χ1n) is 6.07. The minimum Gasteiger partial charge on any atom is -0.404 e. The van der Waals surface area contributed by atoms with Crippen LogP contribution in [0.5, 0.6) is 5.75 Å². The molecule has 2 rings (SSSR count). The molecule has 5 nitrogen and oxygen atoms in total. The molecule has 0 fully saturated rings. The number of aromatic nitrogens is 1. The van der Waals surface area contributed by atoms with Crippen molar-refractivity contribution >= 4 is 31.8 Å². The van der Waals surface area contributed by atoms with Crippen LogP contribution in [0.15, 0.2) is 45.9 Å². The summed E-state index contributed by atoms with van der Waals surface area (Å²) in [5.41, 5.74) is 0.803. The van der Waals surface area contributed by atoms with Gasteiger partial charge in [0, 0.05) is 10.7 Å². The van der Waals surface area contributed by atoms with Crippen molar-refractivity contribution in [2.24, 2.45) is 0 Å². The van der Waals surface area contributed by atoms with Gasteiger partial charge in [-0.15, -0.1) is 13.2 Å². The molecular weight excluding hydrogens is 401 g/mol. The summed E-state index contributed by atoms with van der Waals surface area (Å²) < 4.78 is 68.1. The standard InChI is InChI=1S/C13H10BrF3N2O3S/c1-8-2-5-12(18-7-8)19-23(20,21)11-4-3-9(14)6-10(11)22-13(15,16)17/h2-7H,1H3,(H,18,19). The summed E-state index contributed by atoms with van der Waals surface area (Å²) in [6.07, 6.45) is -3.60. The van der Waals surface area contributed by atoms with E-state index in [2.05, 4.69) is 30.4 Å². The van der Waals surface area contributed by atoms with E-state index in [1.54, 1.807) is 13.0 Å². The Labute approximate surface area is 138 Å². The van der Waals surface area contributed by atoms with Gasteiger partial charge in [0.2, 0.25) is 0 Å². The SMILES string of the molecule is Cc1ccc(NS(=O)(=O)c2ccc(Br)cc2OC(F)(F)F)nc1. The minimum absolute atomic E-state index is 0.0172. The molecule has 23 heavy (non-hydrogen) atoms. The van der Waals surface area contributed by atoms with Crippen molar-refractivity contribution < 1.29 is 26.3 Å². The lowest BCUT2D eigenvalue weighted by molar-refractivity contribution is -0.275. The van der Waals surface area contributed by atoms with Gasteiger partial charge in [0.1, 0.15) is 10.7 Å². The molecule has 1 aromatic carbocycles. The molecule has 1 N–H and O–H groups in total. The van der Waals surface area contributed by atoms with Crippen LogP contribution >= 0.6 is 15.9 Å². The third-order valence-corrected chi connectivity index (χ3v) is 4.46. The number of nitrogens with zero attached hydrogens (tertiary/aromatic N) is 1. The highest BCUT2D eigenvalue weighted by atomic mass is 79.9. The summed E-state index contributed by atoms with van der Waals surface area (Å²) >= 11 is 2.97. The van der Waals surface area contributed by atoms with Crippen molar-refractivity contribution in [1.82, 2.24) is 4.98 Å². The highest BCUT2D eigenvalue weighted by Gasteiger charge is 2.34. The number of pyridine rings is 1. The largest absolute Gasteiger partial charge is 0.573 e. The molecule has 0 atom stereocenters. The summed E-state index contributed by atoms with van der Waals surface area (Å²) in [5, 5.41) is 0. The number of sulfonamides is 1. The Kier molecular flexibility index (Phi) is 4.85. The molecule has 0 aliphatic heterocycles. The number of anilines is 1. The maximum absolute atomic E-state index is 12.4. The molecule has 2 aromatic rings. The summed E-state index contributed by atoms with van der Waals surface area (Å²) in [4.78, 5) is 3.20. The average molecular weight is 411 g/mol. The zero-order valence-electron chi connectivity index (χ0n) is 11.6. The van der Waals surface area contributed by atoms with Gasteiger partial charge in [0.15, 0.2) is 5.75 Å². The quantitative estimate of drug-likeness (QED) is 0.830. The van der Waals surface area contributed by atoms with E-state index in [0.717, 1.165) is 17.7 Å². The van der Waals surface area contributed by atoms with Crippen molar-refractivity contribution in [3.63, 3.8) is 0 Å². The number of benzene rings is 1. The molecule has 1 heterocycles. The van der Waals surface area contributed by atoms with E-state index in [1.807, 2.05) is 0 Å². The molecule has 0 aliphatic carbocycles. The summed E-state index contributed by atoms with van der Waals surface area (Å²) in [6, 6.07) is 6.22. The molecule has 0 amide bonds. The number of ether oxygens (including phenoxy) is 1. The molecule has 1 aromatic heterocycles. The zero-order valence-corrected chi connectivity index (χ0v) is 14.0. The predicted octanol–water partition coefficient (Wildman–Crippen LogP) is 3.85. The maximum Gasteiger partial charge on any atom is 0.573 e. The van der Waals surface area contributed by atoms with Gasteiger partial charge in [0.05, 0.1) is 0 Å². The number of hydrogen-bond acceptors (Lipinski definition) is 4. The van der Waals surface area contributed by atoms with Gasteiger partial charge in [0.25, 0.3) is 10.0 Å². The first kappa shape index (κ1) is 17.5. The molecule has 0 radical (unpaired) electrons. The number of nitrogens with one attached hydrogen (secondary N) is 1. The monoisotopic (exact) mass is 410 g/mol. The third kappa shape index (κ3) is 4.83. The van der Waals surface area contributed by atoms with Crippen molar-refractivity contribution in [3.8, 4) is 5.75 Å². The van der Waals surface area contributed by atoms with E-state index in [4.69, 9.17) is 0 Å². The highest BCUT2D eigenvalue weighted by Crippen LogP contribution is 2.33. The summed E-state index contributed by atoms with van der Waals surface area (Å²) in [6.45, 7) is 1.76. The average Bonchev–Trinajstić information content (AvgIpc) is 2.39. The lowest BCUT2D eigenvalue weighted by atomic mass is 10.3. The van der Waals surface area contributed by atoms with Crippen LogP contribution in [-0.4, -0.2) is 19.8 Å². The lowest BCUT2D eigenvalue weighted by Crippen LogP contribution is -2.21. The van der Waals surface area contributed by atoms with Crippen molar-refractivity contribution in [2.75, 3.05) is 4.72 Å². The third-order valence-electron chi connectivity index (χ3n) is 2.57. The van der Waals surface area contributed by atoms with Crippen LogP contribution < -0.4 is 9.46 Å². The molecule has 124 valence electrons. The zero-order chi connectivity index (χ0) is 17.3. The van der Waals surface area contributed by atoms with Crippen molar-refractivity contribution in [2.45, 2.75) is 18.2 Å². The second-order valence-corrected chi connectivity index (χ2v) is 7.03. The minimum atomic E-state index is -5.02. The van der Waals surface area contributed by atoms with Crippen LogP contribution in [-0.2, 0) is 10.0 Å². The van der Waals surface area contributed by atoms with Gasteiger partial charge in [-0.25, -0.2) is 13.4 Å². The van der Waals surface area contributed by atoms with E-state index < -0.39 is 27.0 Å². The highest BCUT2D eigenvalue weighted by molar-refractivity contribution is 9.10.